The smallest absolute Gasteiger partial charge is 0.193 e. The zero-order valence-corrected chi connectivity index (χ0v) is 12.3. The third kappa shape index (κ3) is 4.53. The Morgan fingerprint density at radius 2 is 2.15 bits per heavy atom. The molecular formula is C16H25N3O. The molecule has 1 aliphatic carbocycles. The number of ether oxygens (including phenoxy) is 1. The van der Waals surface area contributed by atoms with Crippen molar-refractivity contribution < 1.29 is 4.74 Å². The van der Waals surface area contributed by atoms with Gasteiger partial charge in [0.2, 0.25) is 0 Å². The molecule has 1 aromatic carbocycles. The standard InChI is InChI=1S/C16H25N3O/c1-2-3-10-20-11-9-18-16(17)19-15-8-7-13-5-4-6-14(13)12-15/h7-8,12H,2-6,9-11H2,1H3,(H3,17,18,19). The summed E-state index contributed by atoms with van der Waals surface area (Å²) < 4.78 is 5.44. The Bertz CT molecular complexity index is 457. The van der Waals surface area contributed by atoms with E-state index in [1.54, 1.807) is 0 Å². The Morgan fingerprint density at radius 3 is 3.00 bits per heavy atom. The monoisotopic (exact) mass is 275 g/mol. The van der Waals surface area contributed by atoms with Crippen molar-refractivity contribution in [1.82, 2.24) is 0 Å². The molecular weight excluding hydrogens is 250 g/mol. The van der Waals surface area contributed by atoms with Gasteiger partial charge in [-0.1, -0.05) is 19.4 Å². The zero-order valence-electron chi connectivity index (χ0n) is 12.3. The number of anilines is 1. The van der Waals surface area contributed by atoms with Gasteiger partial charge in [0.15, 0.2) is 5.96 Å². The lowest BCUT2D eigenvalue weighted by atomic mass is 10.1. The lowest BCUT2D eigenvalue weighted by Gasteiger charge is -2.08. The summed E-state index contributed by atoms with van der Waals surface area (Å²) in [7, 11) is 0. The summed E-state index contributed by atoms with van der Waals surface area (Å²) in [5.41, 5.74) is 9.81. The van der Waals surface area contributed by atoms with Gasteiger partial charge in [0.05, 0.1) is 13.2 Å². The maximum atomic E-state index is 5.88. The first-order valence-corrected chi connectivity index (χ1v) is 7.56. The van der Waals surface area contributed by atoms with Crippen LogP contribution in [0, 0.1) is 0 Å². The number of guanidine groups is 1. The van der Waals surface area contributed by atoms with Gasteiger partial charge in [0.25, 0.3) is 0 Å². The summed E-state index contributed by atoms with van der Waals surface area (Å²) in [5.74, 6) is 0.460. The largest absolute Gasteiger partial charge is 0.380 e. The second kappa shape index (κ2) is 7.90. The molecule has 0 amide bonds. The number of hydrogen-bond acceptors (Lipinski definition) is 2. The van der Waals surface area contributed by atoms with Crippen LogP contribution in [-0.2, 0) is 17.6 Å². The Labute approximate surface area is 121 Å². The maximum absolute atomic E-state index is 5.88. The molecule has 4 nitrogen and oxygen atoms in total. The molecule has 1 aliphatic rings. The molecule has 3 N–H and O–H groups in total. The first-order chi connectivity index (χ1) is 9.79. The minimum Gasteiger partial charge on any atom is -0.380 e. The van der Waals surface area contributed by atoms with Crippen LogP contribution in [0.15, 0.2) is 23.2 Å². The molecule has 0 heterocycles. The molecule has 0 radical (unpaired) electrons. The molecule has 110 valence electrons. The highest BCUT2D eigenvalue weighted by molar-refractivity contribution is 5.92. The van der Waals surface area contributed by atoms with Crippen LogP contribution in [0.25, 0.3) is 0 Å². The quantitative estimate of drug-likeness (QED) is 0.457. The van der Waals surface area contributed by atoms with Crippen molar-refractivity contribution in [1.29, 1.82) is 0 Å². The third-order valence-corrected chi connectivity index (χ3v) is 3.53. The fourth-order valence-electron chi connectivity index (χ4n) is 2.42. The lowest BCUT2D eigenvalue weighted by molar-refractivity contribution is 0.139. The highest BCUT2D eigenvalue weighted by atomic mass is 16.5. The number of aliphatic imine (C=N–C) groups is 1. The predicted octanol–water partition coefficient (Wildman–Crippen LogP) is 2.72. The van der Waals surface area contributed by atoms with Crippen molar-refractivity contribution in [2.45, 2.75) is 39.0 Å². The van der Waals surface area contributed by atoms with Gasteiger partial charge in [-0.05, 0) is 48.9 Å². The van der Waals surface area contributed by atoms with Gasteiger partial charge in [-0.2, -0.15) is 0 Å². The molecule has 20 heavy (non-hydrogen) atoms. The van der Waals surface area contributed by atoms with Crippen molar-refractivity contribution in [3.63, 3.8) is 0 Å². The van der Waals surface area contributed by atoms with Gasteiger partial charge in [0.1, 0.15) is 0 Å². The van der Waals surface area contributed by atoms with Crippen LogP contribution < -0.4 is 11.1 Å². The Balaban J connectivity index is 1.74. The normalized spacial score (nSPS) is 14.3. The van der Waals surface area contributed by atoms with Gasteiger partial charge < -0.3 is 15.8 Å². The molecule has 0 bridgehead atoms. The van der Waals surface area contributed by atoms with E-state index in [0.717, 1.165) is 25.1 Å². The number of fused-ring (bicyclic) bond motifs is 1. The number of rotatable bonds is 7. The second-order valence-electron chi connectivity index (χ2n) is 5.19. The second-order valence-corrected chi connectivity index (χ2v) is 5.19. The first-order valence-electron chi connectivity index (χ1n) is 7.56. The average molecular weight is 275 g/mol. The number of nitrogens with zero attached hydrogens (tertiary/aromatic N) is 1. The van der Waals surface area contributed by atoms with Gasteiger partial charge in [-0.25, -0.2) is 0 Å². The first kappa shape index (κ1) is 14.9. The Hall–Kier alpha value is -1.55. The van der Waals surface area contributed by atoms with Crippen LogP contribution >= 0.6 is 0 Å². The molecule has 0 aromatic heterocycles. The fraction of sp³-hybridized carbons (Fsp3) is 0.562. The van der Waals surface area contributed by atoms with Crippen LogP contribution in [0.3, 0.4) is 0 Å². The highest BCUT2D eigenvalue weighted by Gasteiger charge is 2.10. The molecule has 1 aromatic rings. The molecule has 0 atom stereocenters. The number of hydrogen-bond donors (Lipinski definition) is 2. The number of unbranched alkanes of at least 4 members (excludes halogenated alkanes) is 1. The van der Waals surface area contributed by atoms with Gasteiger partial charge >= 0.3 is 0 Å². The van der Waals surface area contributed by atoms with E-state index >= 15 is 0 Å². The lowest BCUT2D eigenvalue weighted by Crippen LogP contribution is -2.23. The molecule has 4 heteroatoms. The summed E-state index contributed by atoms with van der Waals surface area (Å²) in [5, 5.41) is 3.15. The Kier molecular flexibility index (Phi) is 5.87. The summed E-state index contributed by atoms with van der Waals surface area (Å²) in [6, 6.07) is 6.44. The number of nitrogens with one attached hydrogen (secondary N) is 1. The SMILES string of the molecule is CCCCOCCN=C(N)Nc1ccc2c(c1)CCC2. The van der Waals surface area contributed by atoms with Crippen LogP contribution in [0.4, 0.5) is 5.69 Å². The van der Waals surface area contributed by atoms with E-state index in [4.69, 9.17) is 10.5 Å². The van der Waals surface area contributed by atoms with Gasteiger partial charge in [-0.3, -0.25) is 4.99 Å². The van der Waals surface area contributed by atoms with E-state index in [0.29, 0.717) is 19.1 Å². The third-order valence-electron chi connectivity index (χ3n) is 3.53. The van der Waals surface area contributed by atoms with E-state index in [2.05, 4.69) is 35.4 Å². The predicted molar refractivity (Wildman–Crippen MR) is 84.3 cm³/mol. The molecule has 0 saturated heterocycles. The van der Waals surface area contributed by atoms with E-state index < -0.39 is 0 Å². The van der Waals surface area contributed by atoms with E-state index in [-0.39, 0.29) is 0 Å². The van der Waals surface area contributed by atoms with Crippen LogP contribution in [0.2, 0.25) is 0 Å². The molecule has 0 saturated carbocycles. The van der Waals surface area contributed by atoms with Gasteiger partial charge in [0, 0.05) is 12.3 Å². The molecule has 0 spiro atoms. The summed E-state index contributed by atoms with van der Waals surface area (Å²) >= 11 is 0. The maximum Gasteiger partial charge on any atom is 0.193 e. The summed E-state index contributed by atoms with van der Waals surface area (Å²) in [6.45, 7) is 4.20. The van der Waals surface area contributed by atoms with Gasteiger partial charge in [-0.15, -0.1) is 0 Å². The molecule has 0 unspecified atom stereocenters. The summed E-state index contributed by atoms with van der Waals surface area (Å²) in [4.78, 5) is 4.27. The topological polar surface area (TPSA) is 59.6 Å². The number of nitrogens with two attached hydrogens (primary N) is 1. The summed E-state index contributed by atoms with van der Waals surface area (Å²) in [6.07, 6.45) is 5.90. The van der Waals surface area contributed by atoms with Crippen LogP contribution in [-0.4, -0.2) is 25.7 Å². The minimum absolute atomic E-state index is 0.460. The average Bonchev–Trinajstić information content (AvgIpc) is 2.90. The zero-order chi connectivity index (χ0) is 14.2. The fourth-order valence-corrected chi connectivity index (χ4v) is 2.42. The van der Waals surface area contributed by atoms with E-state index in [1.165, 1.54) is 30.4 Å². The van der Waals surface area contributed by atoms with Crippen molar-refractivity contribution in [3.8, 4) is 0 Å². The van der Waals surface area contributed by atoms with Crippen molar-refractivity contribution in [2.24, 2.45) is 10.7 Å². The molecule has 0 fully saturated rings. The highest BCUT2D eigenvalue weighted by Crippen LogP contribution is 2.24. The van der Waals surface area contributed by atoms with Crippen molar-refractivity contribution >= 4 is 11.6 Å². The van der Waals surface area contributed by atoms with Crippen molar-refractivity contribution in [3.05, 3.63) is 29.3 Å². The van der Waals surface area contributed by atoms with Crippen LogP contribution in [0.1, 0.15) is 37.3 Å². The number of aryl methyl sites for hydroxylation is 2. The Morgan fingerprint density at radius 1 is 1.30 bits per heavy atom. The molecule has 0 aliphatic heterocycles. The van der Waals surface area contributed by atoms with E-state index in [9.17, 15) is 0 Å². The molecule has 2 rings (SSSR count). The minimum atomic E-state index is 0.460. The van der Waals surface area contributed by atoms with Crippen LogP contribution in [0.5, 0.6) is 0 Å². The van der Waals surface area contributed by atoms with Crippen molar-refractivity contribution in [2.75, 3.05) is 25.1 Å². The van der Waals surface area contributed by atoms with E-state index in [1.807, 2.05) is 0 Å². The number of benzene rings is 1.